The van der Waals surface area contributed by atoms with Gasteiger partial charge in [0.2, 0.25) is 0 Å². The highest BCUT2D eigenvalue weighted by Gasteiger charge is 2.72. The van der Waals surface area contributed by atoms with Gasteiger partial charge in [0, 0.05) is 11.8 Å². The molecule has 9 fully saturated rings. The molecule has 0 aromatic carbocycles. The number of Topliss-reactive ketones (excluding diaryl/α,β-unsaturated/α-hetero) is 1. The lowest BCUT2D eigenvalue weighted by atomic mass is 9.45. The van der Waals surface area contributed by atoms with Crippen LogP contribution in [0, 0.1) is 58.2 Å². The van der Waals surface area contributed by atoms with E-state index < -0.39 is 0 Å². The minimum atomic E-state index is 0.500. The molecule has 9 aliphatic carbocycles. The molecule has 8 bridgehead atoms. The molecule has 0 spiro atoms. The molecule has 9 aliphatic rings. The molecule has 0 saturated heterocycles. The van der Waals surface area contributed by atoms with Crippen molar-refractivity contribution in [1.82, 2.24) is 0 Å². The Labute approximate surface area is 146 Å². The fourth-order valence-corrected chi connectivity index (χ4v) is 10.7. The monoisotopic (exact) mass is 324 g/mol. The first-order valence-corrected chi connectivity index (χ1v) is 11.2. The summed E-state index contributed by atoms with van der Waals surface area (Å²) in [6, 6.07) is 0. The number of carbonyl (C=O) groups is 1. The van der Waals surface area contributed by atoms with Crippen molar-refractivity contribution in [2.75, 3.05) is 0 Å². The van der Waals surface area contributed by atoms with Gasteiger partial charge in [-0.05, 0) is 123 Å². The van der Waals surface area contributed by atoms with Gasteiger partial charge in [-0.2, -0.15) is 0 Å². The van der Waals surface area contributed by atoms with Gasteiger partial charge in [0.05, 0.1) is 0 Å². The third-order valence-corrected chi connectivity index (χ3v) is 10.3. The van der Waals surface area contributed by atoms with E-state index in [0.717, 1.165) is 41.3 Å². The highest BCUT2D eigenvalue weighted by atomic mass is 16.1. The minimum absolute atomic E-state index is 0.500. The Morgan fingerprint density at radius 2 is 0.750 bits per heavy atom. The van der Waals surface area contributed by atoms with Crippen LogP contribution < -0.4 is 0 Å². The van der Waals surface area contributed by atoms with E-state index in [9.17, 15) is 4.79 Å². The van der Waals surface area contributed by atoms with Crippen LogP contribution in [0.4, 0.5) is 0 Å². The van der Waals surface area contributed by atoms with Crippen molar-refractivity contribution < 1.29 is 4.79 Å². The van der Waals surface area contributed by atoms with Crippen molar-refractivity contribution in [2.24, 2.45) is 58.2 Å². The third-order valence-electron chi connectivity index (χ3n) is 10.3. The van der Waals surface area contributed by atoms with Crippen LogP contribution in [0.1, 0.15) is 77.0 Å². The van der Waals surface area contributed by atoms with E-state index in [1.54, 1.807) is 0 Å². The molecule has 0 aliphatic heterocycles. The maximum absolute atomic E-state index is 13.2. The third kappa shape index (κ3) is 1.62. The Morgan fingerprint density at radius 1 is 0.500 bits per heavy atom. The van der Waals surface area contributed by atoms with Crippen molar-refractivity contribution in [3.8, 4) is 0 Å². The Morgan fingerprint density at radius 3 is 1.00 bits per heavy atom. The van der Waals surface area contributed by atoms with E-state index >= 15 is 0 Å². The molecule has 0 amide bonds. The molecule has 0 N–H and O–H groups in total. The maximum atomic E-state index is 13.2. The van der Waals surface area contributed by atoms with E-state index in [4.69, 9.17) is 0 Å². The summed E-state index contributed by atoms with van der Waals surface area (Å²) in [5, 5.41) is 0. The van der Waals surface area contributed by atoms with Gasteiger partial charge in [-0.1, -0.05) is 0 Å². The summed E-state index contributed by atoms with van der Waals surface area (Å²) in [5.41, 5.74) is 1.000. The second kappa shape index (κ2) is 4.15. The summed E-state index contributed by atoms with van der Waals surface area (Å²) in [6.07, 6.45) is 17.8. The summed E-state index contributed by atoms with van der Waals surface area (Å²) in [4.78, 5) is 13.2. The minimum Gasteiger partial charge on any atom is -0.299 e. The van der Waals surface area contributed by atoms with Gasteiger partial charge in [-0.3, -0.25) is 4.79 Å². The molecular formula is C23H32O. The molecule has 9 rings (SSSR count). The molecule has 0 heterocycles. The Kier molecular flexibility index (Phi) is 2.39. The molecule has 9 saturated carbocycles. The highest BCUT2D eigenvalue weighted by Crippen LogP contribution is 2.74. The lowest BCUT2D eigenvalue weighted by molar-refractivity contribution is -0.118. The number of ketones is 1. The van der Waals surface area contributed by atoms with Crippen LogP contribution in [0.25, 0.3) is 0 Å². The number of hydrogen-bond donors (Lipinski definition) is 0. The Balaban J connectivity index is 1.23. The predicted octanol–water partition coefficient (Wildman–Crippen LogP) is 5.23. The Hall–Kier alpha value is -0.330. The molecule has 1 nitrogen and oxygen atoms in total. The SMILES string of the molecule is O=C1[C@@H](C23CC4CC(CC(C4)C2)C3)[C@@H]1C12CC3CC(CC(C3)C1)C2. The van der Waals surface area contributed by atoms with Crippen LogP contribution in [-0.4, -0.2) is 5.78 Å². The van der Waals surface area contributed by atoms with Crippen molar-refractivity contribution >= 4 is 5.78 Å². The molecule has 2 atom stereocenters. The van der Waals surface area contributed by atoms with E-state index in [1.807, 2.05) is 0 Å². The molecule has 0 radical (unpaired) electrons. The summed E-state index contributed by atoms with van der Waals surface area (Å²) >= 11 is 0. The van der Waals surface area contributed by atoms with Crippen molar-refractivity contribution in [1.29, 1.82) is 0 Å². The van der Waals surface area contributed by atoms with Crippen LogP contribution in [0.15, 0.2) is 0 Å². The topological polar surface area (TPSA) is 17.1 Å². The maximum Gasteiger partial charge on any atom is 0.141 e. The van der Waals surface area contributed by atoms with Gasteiger partial charge in [-0.25, -0.2) is 0 Å². The highest BCUT2D eigenvalue weighted by molar-refractivity contribution is 6.01. The largest absolute Gasteiger partial charge is 0.299 e. The standard InChI is InChI=1S/C23H32O/c24-21-19(22-7-13-1-14(8-22)3-15(2-13)9-22)20(21)23-10-16-4-17(11-23)6-18(5-16)12-23/h13-20H,1-12H2/t13?,14?,15?,16?,17?,18?,19-,20-,22?,23?/m0/s1. The van der Waals surface area contributed by atoms with Crippen molar-refractivity contribution in [3.63, 3.8) is 0 Å². The zero-order valence-corrected chi connectivity index (χ0v) is 15.0. The first-order chi connectivity index (χ1) is 11.6. The molecule has 1 heteroatoms. The Bertz CT molecular complexity index is 493. The average Bonchev–Trinajstić information content (AvgIpc) is 3.18. The van der Waals surface area contributed by atoms with Gasteiger partial charge < -0.3 is 0 Å². The molecular weight excluding hydrogens is 292 g/mol. The van der Waals surface area contributed by atoms with Crippen molar-refractivity contribution in [2.45, 2.75) is 77.0 Å². The van der Waals surface area contributed by atoms with Gasteiger partial charge >= 0.3 is 0 Å². The first-order valence-electron chi connectivity index (χ1n) is 11.2. The summed E-state index contributed by atoms with van der Waals surface area (Å²) in [6.45, 7) is 0. The van der Waals surface area contributed by atoms with Gasteiger partial charge in [0.25, 0.3) is 0 Å². The average molecular weight is 325 g/mol. The summed E-state index contributed by atoms with van der Waals surface area (Å²) < 4.78 is 0. The molecule has 24 heavy (non-hydrogen) atoms. The first kappa shape index (κ1) is 13.8. The number of hydrogen-bond acceptors (Lipinski definition) is 1. The zero-order chi connectivity index (χ0) is 15.7. The second-order valence-corrected chi connectivity index (χ2v) is 11.9. The van der Waals surface area contributed by atoms with E-state index in [1.165, 1.54) is 77.0 Å². The quantitative estimate of drug-likeness (QED) is 0.679. The van der Waals surface area contributed by atoms with Crippen molar-refractivity contribution in [3.05, 3.63) is 0 Å². The van der Waals surface area contributed by atoms with Crippen LogP contribution >= 0.6 is 0 Å². The number of rotatable bonds is 2. The fraction of sp³-hybridized carbons (Fsp3) is 0.957. The smallest absolute Gasteiger partial charge is 0.141 e. The summed E-state index contributed by atoms with van der Waals surface area (Å²) in [5.74, 6) is 7.83. The van der Waals surface area contributed by atoms with E-state index in [0.29, 0.717) is 22.7 Å². The van der Waals surface area contributed by atoms with Gasteiger partial charge in [0.15, 0.2) is 0 Å². The van der Waals surface area contributed by atoms with Crippen LogP contribution in [0.2, 0.25) is 0 Å². The van der Waals surface area contributed by atoms with E-state index in [2.05, 4.69) is 0 Å². The molecule has 0 aromatic heterocycles. The lowest BCUT2D eigenvalue weighted by Gasteiger charge is -2.59. The van der Waals surface area contributed by atoms with Gasteiger partial charge in [0.1, 0.15) is 5.78 Å². The fourth-order valence-electron chi connectivity index (χ4n) is 10.7. The molecule has 0 aromatic rings. The predicted molar refractivity (Wildman–Crippen MR) is 93.2 cm³/mol. The summed E-state index contributed by atoms with van der Waals surface area (Å²) in [7, 11) is 0. The number of carbonyl (C=O) groups excluding carboxylic acids is 1. The van der Waals surface area contributed by atoms with Crippen LogP contribution in [0.5, 0.6) is 0 Å². The zero-order valence-electron chi connectivity index (χ0n) is 15.0. The van der Waals surface area contributed by atoms with Crippen LogP contribution in [-0.2, 0) is 4.79 Å². The van der Waals surface area contributed by atoms with E-state index in [-0.39, 0.29) is 0 Å². The van der Waals surface area contributed by atoms with Gasteiger partial charge in [-0.15, -0.1) is 0 Å². The normalized spacial score (nSPS) is 65.6. The second-order valence-electron chi connectivity index (χ2n) is 11.9. The van der Waals surface area contributed by atoms with Crippen LogP contribution in [0.3, 0.4) is 0 Å². The lowest BCUT2D eigenvalue weighted by Crippen LogP contribution is -2.50. The molecule has 130 valence electrons. The molecule has 0 unspecified atom stereocenters.